The molecule has 0 saturated heterocycles. The van der Waals surface area contributed by atoms with Gasteiger partial charge in [0.05, 0.1) is 4.47 Å². The number of hydrogen-bond donors (Lipinski definition) is 1. The van der Waals surface area contributed by atoms with Crippen LogP contribution in [-0.4, -0.2) is 21.1 Å². The fraction of sp³-hybridized carbons (Fsp3) is 0.200. The van der Waals surface area contributed by atoms with Crippen LogP contribution in [0.4, 0.5) is 5.95 Å². The van der Waals surface area contributed by atoms with E-state index in [0.717, 1.165) is 23.1 Å². The Bertz CT molecular complexity index is 736. The lowest BCUT2D eigenvalue weighted by atomic mass is 10.1. The number of pyridine rings is 1. The summed E-state index contributed by atoms with van der Waals surface area (Å²) in [5.41, 5.74) is 3.44. The van der Waals surface area contributed by atoms with Crippen molar-refractivity contribution in [1.82, 2.24) is 14.6 Å². The summed E-state index contributed by atoms with van der Waals surface area (Å²) in [4.78, 5) is 4.45. The minimum absolute atomic E-state index is 0.657. The lowest BCUT2D eigenvalue weighted by Crippen LogP contribution is -2.06. The Hall–Kier alpha value is -1.88. The molecule has 0 aliphatic carbocycles. The smallest absolute Gasteiger partial charge is 0.243 e. The van der Waals surface area contributed by atoms with E-state index in [4.69, 9.17) is 0 Å². The number of aryl methyl sites for hydroxylation is 1. The predicted molar refractivity (Wildman–Crippen MR) is 84.1 cm³/mol. The van der Waals surface area contributed by atoms with Gasteiger partial charge in [0.1, 0.15) is 0 Å². The van der Waals surface area contributed by atoms with E-state index >= 15 is 0 Å². The summed E-state index contributed by atoms with van der Waals surface area (Å²) in [5.74, 6) is 0.657. The van der Waals surface area contributed by atoms with Gasteiger partial charge in [0, 0.05) is 12.7 Å². The average Bonchev–Trinajstić information content (AvgIpc) is 2.83. The van der Waals surface area contributed by atoms with E-state index in [1.807, 2.05) is 18.3 Å². The zero-order valence-electron chi connectivity index (χ0n) is 11.2. The summed E-state index contributed by atoms with van der Waals surface area (Å²) >= 11 is 3.47. The van der Waals surface area contributed by atoms with E-state index in [1.54, 1.807) is 4.52 Å². The molecule has 0 atom stereocenters. The van der Waals surface area contributed by atoms with Crippen molar-refractivity contribution in [3.63, 3.8) is 0 Å². The van der Waals surface area contributed by atoms with E-state index < -0.39 is 0 Å². The van der Waals surface area contributed by atoms with Crippen molar-refractivity contribution in [3.8, 4) is 0 Å². The Morgan fingerprint density at radius 2 is 2.15 bits per heavy atom. The van der Waals surface area contributed by atoms with Crippen LogP contribution in [0.3, 0.4) is 0 Å². The van der Waals surface area contributed by atoms with Crippen molar-refractivity contribution < 1.29 is 0 Å². The molecule has 2 aromatic heterocycles. The van der Waals surface area contributed by atoms with Gasteiger partial charge >= 0.3 is 0 Å². The number of hydrogen-bond acceptors (Lipinski definition) is 3. The quantitative estimate of drug-likeness (QED) is 0.796. The SMILES string of the molecule is Cc1cccc(CCNc2nc3c(Br)cccn3n2)c1. The maximum Gasteiger partial charge on any atom is 0.243 e. The Balaban J connectivity index is 1.67. The molecule has 1 aromatic carbocycles. The molecule has 0 aliphatic heterocycles. The maximum absolute atomic E-state index is 4.45. The number of benzene rings is 1. The van der Waals surface area contributed by atoms with Crippen LogP contribution in [0.1, 0.15) is 11.1 Å². The number of anilines is 1. The highest BCUT2D eigenvalue weighted by Crippen LogP contribution is 2.16. The number of nitrogens with zero attached hydrogens (tertiary/aromatic N) is 3. The lowest BCUT2D eigenvalue weighted by Gasteiger charge is -2.03. The summed E-state index contributed by atoms with van der Waals surface area (Å²) in [7, 11) is 0. The highest BCUT2D eigenvalue weighted by molar-refractivity contribution is 9.10. The number of halogens is 1. The molecule has 4 nitrogen and oxygen atoms in total. The summed E-state index contributed by atoms with van der Waals surface area (Å²) in [6.07, 6.45) is 2.84. The van der Waals surface area contributed by atoms with Crippen LogP contribution in [0.5, 0.6) is 0 Å². The molecule has 0 spiro atoms. The molecule has 3 rings (SSSR count). The van der Waals surface area contributed by atoms with Gasteiger partial charge in [0.25, 0.3) is 0 Å². The second-order valence-electron chi connectivity index (χ2n) is 4.73. The van der Waals surface area contributed by atoms with Gasteiger partial charge in [-0.2, -0.15) is 4.98 Å². The first-order valence-corrected chi connectivity index (χ1v) is 7.32. The Labute approximate surface area is 126 Å². The second-order valence-corrected chi connectivity index (χ2v) is 5.58. The first-order valence-electron chi connectivity index (χ1n) is 6.53. The molecule has 0 amide bonds. The number of rotatable bonds is 4. The Kier molecular flexibility index (Phi) is 3.69. The minimum Gasteiger partial charge on any atom is -0.353 e. The molecular formula is C15H15BrN4. The fourth-order valence-electron chi connectivity index (χ4n) is 2.13. The van der Waals surface area contributed by atoms with Gasteiger partial charge in [-0.15, -0.1) is 5.10 Å². The zero-order valence-corrected chi connectivity index (χ0v) is 12.8. The van der Waals surface area contributed by atoms with Gasteiger partial charge in [-0.05, 0) is 47.0 Å². The molecule has 1 N–H and O–H groups in total. The van der Waals surface area contributed by atoms with Crippen molar-refractivity contribution in [2.75, 3.05) is 11.9 Å². The van der Waals surface area contributed by atoms with Gasteiger partial charge in [-0.3, -0.25) is 0 Å². The largest absolute Gasteiger partial charge is 0.353 e. The molecule has 0 radical (unpaired) electrons. The van der Waals surface area contributed by atoms with Gasteiger partial charge in [0.15, 0.2) is 5.65 Å². The molecule has 0 unspecified atom stereocenters. The summed E-state index contributed by atoms with van der Waals surface area (Å²) < 4.78 is 2.71. The molecule has 2 heterocycles. The Morgan fingerprint density at radius 1 is 1.25 bits per heavy atom. The van der Waals surface area contributed by atoms with E-state index in [9.17, 15) is 0 Å². The summed E-state index contributed by atoms with van der Waals surface area (Å²) in [6.45, 7) is 2.93. The third-order valence-corrected chi connectivity index (χ3v) is 3.71. The molecule has 0 fully saturated rings. The van der Waals surface area contributed by atoms with Crippen LogP contribution >= 0.6 is 15.9 Å². The van der Waals surface area contributed by atoms with Gasteiger partial charge < -0.3 is 5.32 Å². The van der Waals surface area contributed by atoms with E-state index in [2.05, 4.69) is 62.5 Å². The normalized spacial score (nSPS) is 10.9. The Morgan fingerprint density at radius 3 is 2.95 bits per heavy atom. The first-order chi connectivity index (χ1) is 9.72. The minimum atomic E-state index is 0.657. The molecular weight excluding hydrogens is 316 g/mol. The van der Waals surface area contributed by atoms with Crippen LogP contribution in [0.25, 0.3) is 5.65 Å². The number of aromatic nitrogens is 3. The third-order valence-electron chi connectivity index (χ3n) is 3.09. The molecule has 0 bridgehead atoms. The third kappa shape index (κ3) is 2.82. The lowest BCUT2D eigenvalue weighted by molar-refractivity contribution is 0.935. The molecule has 0 aliphatic rings. The summed E-state index contributed by atoms with van der Waals surface area (Å²) in [6, 6.07) is 12.4. The van der Waals surface area contributed by atoms with Crippen molar-refractivity contribution >= 4 is 27.5 Å². The van der Waals surface area contributed by atoms with E-state index in [1.165, 1.54) is 11.1 Å². The van der Waals surface area contributed by atoms with Crippen LogP contribution in [-0.2, 0) is 6.42 Å². The van der Waals surface area contributed by atoms with Gasteiger partial charge in [0.2, 0.25) is 5.95 Å². The number of nitrogens with one attached hydrogen (secondary N) is 1. The topological polar surface area (TPSA) is 42.2 Å². The highest BCUT2D eigenvalue weighted by Gasteiger charge is 2.05. The van der Waals surface area contributed by atoms with E-state index in [0.29, 0.717) is 5.95 Å². The van der Waals surface area contributed by atoms with Crippen LogP contribution in [0.15, 0.2) is 47.1 Å². The summed E-state index contributed by atoms with van der Waals surface area (Å²) in [5, 5.41) is 7.65. The predicted octanol–water partition coefficient (Wildman–Crippen LogP) is 3.45. The molecule has 3 aromatic rings. The number of fused-ring (bicyclic) bond motifs is 1. The van der Waals surface area contributed by atoms with Crippen LogP contribution < -0.4 is 5.32 Å². The van der Waals surface area contributed by atoms with Crippen molar-refractivity contribution in [1.29, 1.82) is 0 Å². The molecule has 102 valence electrons. The average molecular weight is 331 g/mol. The van der Waals surface area contributed by atoms with Crippen molar-refractivity contribution in [2.24, 2.45) is 0 Å². The molecule has 0 saturated carbocycles. The van der Waals surface area contributed by atoms with Crippen molar-refractivity contribution in [2.45, 2.75) is 13.3 Å². The highest BCUT2D eigenvalue weighted by atomic mass is 79.9. The molecule has 5 heteroatoms. The monoisotopic (exact) mass is 330 g/mol. The molecule has 20 heavy (non-hydrogen) atoms. The van der Waals surface area contributed by atoms with Crippen LogP contribution in [0.2, 0.25) is 0 Å². The fourth-order valence-corrected chi connectivity index (χ4v) is 2.56. The van der Waals surface area contributed by atoms with Gasteiger partial charge in [-0.1, -0.05) is 29.8 Å². The van der Waals surface area contributed by atoms with E-state index in [-0.39, 0.29) is 0 Å². The van der Waals surface area contributed by atoms with Crippen molar-refractivity contribution in [3.05, 3.63) is 58.2 Å². The second kappa shape index (κ2) is 5.63. The standard InChI is InChI=1S/C15H15BrN4/c1-11-4-2-5-12(10-11)7-8-17-15-18-14-13(16)6-3-9-20(14)19-15/h2-6,9-10H,7-8H2,1H3,(H,17,19). The first kappa shape index (κ1) is 13.1. The maximum atomic E-state index is 4.45. The zero-order chi connectivity index (χ0) is 13.9. The van der Waals surface area contributed by atoms with Gasteiger partial charge in [-0.25, -0.2) is 4.52 Å². The van der Waals surface area contributed by atoms with Crippen LogP contribution in [0, 0.1) is 6.92 Å².